The van der Waals surface area contributed by atoms with E-state index in [2.05, 4.69) is 65.7 Å². The Bertz CT molecular complexity index is 1210. The molecule has 0 aliphatic carbocycles. The first kappa shape index (κ1) is 26.2. The Kier molecular flexibility index (Phi) is 8.43. The fourth-order valence-electron chi connectivity index (χ4n) is 4.78. The van der Waals surface area contributed by atoms with Crippen molar-refractivity contribution in [2.24, 2.45) is 0 Å². The van der Waals surface area contributed by atoms with Gasteiger partial charge in [-0.15, -0.1) is 0 Å². The molecule has 2 heterocycles. The van der Waals surface area contributed by atoms with Crippen molar-refractivity contribution in [3.8, 4) is 0 Å². The third-order valence-corrected chi connectivity index (χ3v) is 6.73. The van der Waals surface area contributed by atoms with Gasteiger partial charge in [-0.2, -0.15) is 0 Å². The van der Waals surface area contributed by atoms with Gasteiger partial charge in [0.15, 0.2) is 0 Å². The number of carbonyl (C=O) groups excluding carboxylic acids is 2. The van der Waals surface area contributed by atoms with Gasteiger partial charge in [0.1, 0.15) is 0 Å². The quantitative estimate of drug-likeness (QED) is 0.330. The Labute approximate surface area is 219 Å². The number of para-hydroxylation sites is 1. The highest BCUT2D eigenvalue weighted by Crippen LogP contribution is 2.33. The van der Waals surface area contributed by atoms with Crippen molar-refractivity contribution >= 4 is 29.0 Å². The Morgan fingerprint density at radius 3 is 2.24 bits per heavy atom. The summed E-state index contributed by atoms with van der Waals surface area (Å²) in [5, 5.41) is 9.04. The lowest BCUT2D eigenvalue weighted by atomic mass is 9.93. The lowest BCUT2D eigenvalue weighted by Gasteiger charge is -2.22. The molecule has 1 aliphatic heterocycles. The third kappa shape index (κ3) is 6.47. The second-order valence-electron chi connectivity index (χ2n) is 10.2. The summed E-state index contributed by atoms with van der Waals surface area (Å²) < 4.78 is 0. The van der Waals surface area contributed by atoms with E-state index in [0.717, 1.165) is 54.0 Å². The number of rotatable bonds is 8. The lowest BCUT2D eigenvalue weighted by Crippen LogP contribution is -2.28. The SMILES string of the molecule is CC(C)c1cccc(C(C)C)c1NC(=O)Nc1ccc(N2CCCC2)c(C(=O)NCc2cccnc2)c1. The first-order valence-electron chi connectivity index (χ1n) is 13.1. The smallest absolute Gasteiger partial charge is 0.323 e. The highest BCUT2D eigenvalue weighted by molar-refractivity contribution is 6.04. The van der Waals surface area contributed by atoms with E-state index in [4.69, 9.17) is 0 Å². The van der Waals surface area contributed by atoms with E-state index in [1.807, 2.05) is 30.3 Å². The van der Waals surface area contributed by atoms with Crippen LogP contribution in [0.15, 0.2) is 60.9 Å². The molecular formula is C30H37N5O2. The Hall–Kier alpha value is -3.87. The normalized spacial score (nSPS) is 13.2. The molecule has 1 aliphatic rings. The number of benzene rings is 2. The largest absolute Gasteiger partial charge is 0.371 e. The van der Waals surface area contributed by atoms with Gasteiger partial charge in [0.2, 0.25) is 0 Å². The number of pyridine rings is 1. The minimum absolute atomic E-state index is 0.179. The van der Waals surface area contributed by atoms with E-state index < -0.39 is 0 Å². The number of hydrogen-bond acceptors (Lipinski definition) is 4. The van der Waals surface area contributed by atoms with Crippen molar-refractivity contribution in [2.45, 2.75) is 58.9 Å². The van der Waals surface area contributed by atoms with Gasteiger partial charge < -0.3 is 20.9 Å². The number of aromatic nitrogens is 1. The van der Waals surface area contributed by atoms with Crippen LogP contribution < -0.4 is 20.9 Å². The van der Waals surface area contributed by atoms with Gasteiger partial charge in [0.05, 0.1) is 5.56 Å². The maximum atomic E-state index is 13.3. The summed E-state index contributed by atoms with van der Waals surface area (Å²) in [5.74, 6) is 0.356. The molecule has 0 unspecified atom stereocenters. The number of urea groups is 1. The van der Waals surface area contributed by atoms with Crippen LogP contribution in [-0.4, -0.2) is 30.0 Å². The second-order valence-corrected chi connectivity index (χ2v) is 10.2. The van der Waals surface area contributed by atoms with Crippen LogP contribution in [0.1, 0.15) is 79.4 Å². The van der Waals surface area contributed by atoms with Crippen LogP contribution in [0.3, 0.4) is 0 Å². The number of amides is 3. The lowest BCUT2D eigenvalue weighted by molar-refractivity contribution is 0.0951. The van der Waals surface area contributed by atoms with Crippen molar-refractivity contribution in [1.29, 1.82) is 0 Å². The molecule has 37 heavy (non-hydrogen) atoms. The van der Waals surface area contributed by atoms with Crippen molar-refractivity contribution in [2.75, 3.05) is 28.6 Å². The fraction of sp³-hybridized carbons (Fsp3) is 0.367. The molecule has 1 fully saturated rings. The molecule has 3 N–H and O–H groups in total. The minimum atomic E-state index is -0.328. The highest BCUT2D eigenvalue weighted by atomic mass is 16.2. The number of anilines is 3. The van der Waals surface area contributed by atoms with E-state index in [1.54, 1.807) is 18.5 Å². The summed E-state index contributed by atoms with van der Waals surface area (Å²) in [6, 6.07) is 15.2. The van der Waals surface area contributed by atoms with Crippen molar-refractivity contribution in [3.05, 3.63) is 83.2 Å². The Morgan fingerprint density at radius 1 is 0.919 bits per heavy atom. The Balaban J connectivity index is 1.56. The van der Waals surface area contributed by atoms with Gasteiger partial charge in [-0.3, -0.25) is 9.78 Å². The molecule has 0 saturated carbocycles. The van der Waals surface area contributed by atoms with Crippen LogP contribution >= 0.6 is 0 Å². The average Bonchev–Trinajstić information content (AvgIpc) is 3.42. The highest BCUT2D eigenvalue weighted by Gasteiger charge is 2.21. The topological polar surface area (TPSA) is 86.4 Å². The van der Waals surface area contributed by atoms with E-state index in [9.17, 15) is 9.59 Å². The molecular weight excluding hydrogens is 462 g/mol. The molecule has 4 rings (SSSR count). The number of carbonyl (C=O) groups is 2. The zero-order valence-corrected chi connectivity index (χ0v) is 22.2. The molecule has 2 aromatic carbocycles. The third-order valence-electron chi connectivity index (χ3n) is 6.73. The molecule has 0 atom stereocenters. The maximum absolute atomic E-state index is 13.3. The summed E-state index contributed by atoms with van der Waals surface area (Å²) in [6.45, 7) is 10.7. The zero-order valence-electron chi connectivity index (χ0n) is 22.2. The summed E-state index contributed by atoms with van der Waals surface area (Å²) >= 11 is 0. The minimum Gasteiger partial charge on any atom is -0.371 e. The molecule has 1 aromatic heterocycles. The molecule has 0 spiro atoms. The van der Waals surface area contributed by atoms with Crippen LogP contribution in [0.5, 0.6) is 0 Å². The standard InChI is InChI=1S/C30H37N5O2/c1-20(2)24-10-7-11-25(21(3)4)28(24)34-30(37)33-23-12-13-27(35-15-5-6-16-35)26(17-23)29(36)32-19-22-9-8-14-31-18-22/h7-14,17-18,20-21H,5-6,15-16,19H2,1-4H3,(H,32,36)(H2,33,34,37). The van der Waals surface area contributed by atoms with Crippen LogP contribution in [0, 0.1) is 0 Å². The van der Waals surface area contributed by atoms with Crippen molar-refractivity contribution in [3.63, 3.8) is 0 Å². The summed E-state index contributed by atoms with van der Waals surface area (Å²) in [7, 11) is 0. The first-order valence-corrected chi connectivity index (χ1v) is 13.1. The number of nitrogens with one attached hydrogen (secondary N) is 3. The average molecular weight is 500 g/mol. The molecule has 0 radical (unpaired) electrons. The molecule has 7 heteroatoms. The monoisotopic (exact) mass is 499 g/mol. The van der Waals surface area contributed by atoms with E-state index >= 15 is 0 Å². The van der Waals surface area contributed by atoms with Gasteiger partial charge in [-0.05, 0) is 65.6 Å². The van der Waals surface area contributed by atoms with Crippen LogP contribution in [0.25, 0.3) is 0 Å². The van der Waals surface area contributed by atoms with Crippen LogP contribution in [0.4, 0.5) is 21.9 Å². The van der Waals surface area contributed by atoms with Crippen molar-refractivity contribution in [1.82, 2.24) is 10.3 Å². The van der Waals surface area contributed by atoms with E-state index in [0.29, 0.717) is 17.8 Å². The predicted octanol–water partition coefficient (Wildman–Crippen LogP) is 6.50. The molecule has 0 bridgehead atoms. The van der Waals surface area contributed by atoms with Gasteiger partial charge in [-0.1, -0.05) is 52.0 Å². The van der Waals surface area contributed by atoms with Gasteiger partial charge in [0, 0.05) is 49.1 Å². The van der Waals surface area contributed by atoms with Gasteiger partial charge >= 0.3 is 6.03 Å². The molecule has 7 nitrogen and oxygen atoms in total. The van der Waals surface area contributed by atoms with Crippen molar-refractivity contribution < 1.29 is 9.59 Å². The molecule has 194 valence electrons. The zero-order chi connectivity index (χ0) is 26.4. The Morgan fingerprint density at radius 2 is 1.62 bits per heavy atom. The fourth-order valence-corrected chi connectivity index (χ4v) is 4.78. The maximum Gasteiger partial charge on any atom is 0.323 e. The molecule has 3 amide bonds. The van der Waals surface area contributed by atoms with Crippen LogP contribution in [0.2, 0.25) is 0 Å². The number of hydrogen-bond donors (Lipinski definition) is 3. The summed E-state index contributed by atoms with van der Waals surface area (Å²) in [5.41, 5.74) is 5.99. The molecule has 3 aromatic rings. The summed E-state index contributed by atoms with van der Waals surface area (Å²) in [4.78, 5) is 32.8. The van der Waals surface area contributed by atoms with E-state index in [1.165, 1.54) is 0 Å². The van der Waals surface area contributed by atoms with Crippen LogP contribution in [-0.2, 0) is 6.54 Å². The van der Waals surface area contributed by atoms with Gasteiger partial charge in [0.25, 0.3) is 5.91 Å². The number of nitrogens with zero attached hydrogens (tertiary/aromatic N) is 2. The first-order chi connectivity index (χ1) is 17.8. The summed E-state index contributed by atoms with van der Waals surface area (Å²) in [6.07, 6.45) is 5.66. The predicted molar refractivity (Wildman–Crippen MR) is 151 cm³/mol. The second kappa shape index (κ2) is 11.9. The molecule has 1 saturated heterocycles. The van der Waals surface area contributed by atoms with Gasteiger partial charge in [-0.25, -0.2) is 4.79 Å². The van der Waals surface area contributed by atoms with E-state index in [-0.39, 0.29) is 23.8 Å².